The molecule has 2 N–H and O–H groups in total. The van der Waals surface area contributed by atoms with E-state index < -0.39 is 11.6 Å². The van der Waals surface area contributed by atoms with Crippen molar-refractivity contribution in [1.29, 1.82) is 0 Å². The quantitative estimate of drug-likeness (QED) is 0.745. The fourth-order valence-electron chi connectivity index (χ4n) is 2.29. The molecule has 2 nitrogen and oxygen atoms in total. The van der Waals surface area contributed by atoms with Crippen LogP contribution in [-0.4, -0.2) is 25.0 Å². The fraction of sp³-hybridized carbons (Fsp3) is 0.500. The summed E-state index contributed by atoms with van der Waals surface area (Å²) in [6, 6.07) is 2.41. The molecule has 0 spiro atoms. The Morgan fingerprint density at radius 2 is 1.69 bits per heavy atom. The van der Waals surface area contributed by atoms with E-state index in [1.807, 2.05) is 7.05 Å². The van der Waals surface area contributed by atoms with Crippen LogP contribution in [0.15, 0.2) is 12.1 Å². The summed E-state index contributed by atoms with van der Waals surface area (Å²) in [5.74, 6) is -1.03. The van der Waals surface area contributed by atoms with Crippen molar-refractivity contribution >= 4 is 5.69 Å². The molecular weight excluding hydrogens is 210 g/mol. The van der Waals surface area contributed by atoms with E-state index in [4.69, 9.17) is 5.73 Å². The number of nitrogens with zero attached hydrogens (tertiary/aromatic N) is 1. The van der Waals surface area contributed by atoms with Crippen LogP contribution in [0.25, 0.3) is 0 Å². The second kappa shape index (κ2) is 4.37. The van der Waals surface area contributed by atoms with Gasteiger partial charge in [-0.15, -0.1) is 0 Å². The summed E-state index contributed by atoms with van der Waals surface area (Å²) in [5, 5.41) is 0. The Bertz CT molecular complexity index is 362. The van der Waals surface area contributed by atoms with Crippen LogP contribution in [0.3, 0.4) is 0 Å². The summed E-state index contributed by atoms with van der Waals surface area (Å²) in [6.45, 7) is 1.77. The molecular formula is C12H16F2N2. The van der Waals surface area contributed by atoms with Gasteiger partial charge in [-0.1, -0.05) is 0 Å². The highest BCUT2D eigenvalue weighted by atomic mass is 19.1. The Hall–Kier alpha value is -1.16. The molecule has 0 atom stereocenters. The van der Waals surface area contributed by atoms with Crippen LogP contribution in [0.1, 0.15) is 24.3 Å². The second-order valence-corrected chi connectivity index (χ2v) is 4.48. The van der Waals surface area contributed by atoms with Crippen LogP contribution >= 0.6 is 0 Å². The number of anilines is 1. The van der Waals surface area contributed by atoms with Crippen LogP contribution in [-0.2, 0) is 0 Å². The molecule has 0 bridgehead atoms. The highest BCUT2D eigenvalue weighted by Gasteiger charge is 2.24. The van der Waals surface area contributed by atoms with E-state index >= 15 is 0 Å². The van der Waals surface area contributed by atoms with Gasteiger partial charge in [0.25, 0.3) is 0 Å². The molecule has 1 saturated heterocycles. The lowest BCUT2D eigenvalue weighted by atomic mass is 9.88. The Morgan fingerprint density at radius 1 is 1.19 bits per heavy atom. The number of rotatable bonds is 1. The van der Waals surface area contributed by atoms with E-state index in [-0.39, 0.29) is 17.2 Å². The van der Waals surface area contributed by atoms with Gasteiger partial charge in [0.1, 0.15) is 11.6 Å². The maximum Gasteiger partial charge on any atom is 0.131 e. The van der Waals surface area contributed by atoms with Gasteiger partial charge < -0.3 is 10.6 Å². The maximum atomic E-state index is 13.7. The first kappa shape index (κ1) is 11.3. The fourth-order valence-corrected chi connectivity index (χ4v) is 2.29. The number of nitrogens with two attached hydrogens (primary N) is 1. The zero-order valence-corrected chi connectivity index (χ0v) is 9.34. The van der Waals surface area contributed by atoms with Gasteiger partial charge in [0.2, 0.25) is 0 Å². The summed E-state index contributed by atoms with van der Waals surface area (Å²) >= 11 is 0. The van der Waals surface area contributed by atoms with Crippen LogP contribution in [0, 0.1) is 11.6 Å². The molecule has 0 saturated carbocycles. The molecule has 1 aromatic rings. The Labute approximate surface area is 94.0 Å². The zero-order chi connectivity index (χ0) is 11.7. The molecule has 1 aromatic carbocycles. The molecule has 16 heavy (non-hydrogen) atoms. The summed E-state index contributed by atoms with van der Waals surface area (Å²) in [7, 11) is 2.02. The minimum atomic E-state index is -0.507. The molecule has 0 aliphatic carbocycles. The Kier molecular flexibility index (Phi) is 3.10. The van der Waals surface area contributed by atoms with E-state index in [2.05, 4.69) is 4.90 Å². The molecule has 1 heterocycles. The van der Waals surface area contributed by atoms with Gasteiger partial charge in [-0.2, -0.15) is 0 Å². The van der Waals surface area contributed by atoms with Crippen LogP contribution in [0.2, 0.25) is 0 Å². The molecule has 88 valence electrons. The van der Waals surface area contributed by atoms with Crippen molar-refractivity contribution in [1.82, 2.24) is 4.90 Å². The maximum absolute atomic E-state index is 13.7. The first-order valence-corrected chi connectivity index (χ1v) is 5.51. The van der Waals surface area contributed by atoms with E-state index in [1.54, 1.807) is 0 Å². The number of halogens is 2. The molecule has 2 rings (SSSR count). The van der Waals surface area contributed by atoms with Gasteiger partial charge in [-0.3, -0.25) is 0 Å². The normalized spacial score (nSPS) is 18.9. The third-order valence-electron chi connectivity index (χ3n) is 3.23. The summed E-state index contributed by atoms with van der Waals surface area (Å²) in [4.78, 5) is 2.17. The Balaban J connectivity index is 2.26. The lowest BCUT2D eigenvalue weighted by Gasteiger charge is -2.29. The third kappa shape index (κ3) is 2.16. The van der Waals surface area contributed by atoms with Crippen LogP contribution in [0.5, 0.6) is 0 Å². The van der Waals surface area contributed by atoms with Crippen molar-refractivity contribution in [3.8, 4) is 0 Å². The van der Waals surface area contributed by atoms with Crippen LogP contribution in [0.4, 0.5) is 14.5 Å². The summed E-state index contributed by atoms with van der Waals surface area (Å²) in [6.07, 6.45) is 1.60. The lowest BCUT2D eigenvalue weighted by Crippen LogP contribution is -2.30. The van der Waals surface area contributed by atoms with Gasteiger partial charge in [-0.25, -0.2) is 8.78 Å². The summed E-state index contributed by atoms with van der Waals surface area (Å²) in [5.41, 5.74) is 5.75. The van der Waals surface area contributed by atoms with Crippen LogP contribution < -0.4 is 5.73 Å². The number of benzene rings is 1. The molecule has 1 aliphatic heterocycles. The van der Waals surface area contributed by atoms with Crippen molar-refractivity contribution in [2.24, 2.45) is 0 Å². The van der Waals surface area contributed by atoms with Crippen molar-refractivity contribution < 1.29 is 8.78 Å². The number of hydrogen-bond donors (Lipinski definition) is 1. The average molecular weight is 226 g/mol. The smallest absolute Gasteiger partial charge is 0.131 e. The molecule has 1 fully saturated rings. The van der Waals surface area contributed by atoms with Gasteiger partial charge in [0.15, 0.2) is 0 Å². The van der Waals surface area contributed by atoms with Crippen molar-refractivity contribution in [2.45, 2.75) is 18.8 Å². The average Bonchev–Trinajstić information content (AvgIpc) is 2.19. The third-order valence-corrected chi connectivity index (χ3v) is 3.23. The van der Waals surface area contributed by atoms with E-state index in [0.29, 0.717) is 0 Å². The van der Waals surface area contributed by atoms with E-state index in [0.717, 1.165) is 25.9 Å². The molecule has 1 aliphatic rings. The van der Waals surface area contributed by atoms with E-state index in [9.17, 15) is 8.78 Å². The van der Waals surface area contributed by atoms with Gasteiger partial charge >= 0.3 is 0 Å². The molecule has 4 heteroatoms. The number of likely N-dealkylation sites (tertiary alicyclic amines) is 1. The standard InChI is InChI=1S/C12H16F2N2/c1-16-4-2-8(3-5-16)12-10(13)6-9(15)7-11(12)14/h6-8H,2-5,15H2,1H3. The minimum absolute atomic E-state index is 0.0169. The molecule has 0 aromatic heterocycles. The van der Waals surface area contributed by atoms with Gasteiger partial charge in [0, 0.05) is 11.3 Å². The highest BCUT2D eigenvalue weighted by molar-refractivity contribution is 5.42. The summed E-state index contributed by atoms with van der Waals surface area (Å²) < 4.78 is 27.3. The van der Waals surface area contributed by atoms with Crippen molar-refractivity contribution in [3.05, 3.63) is 29.3 Å². The second-order valence-electron chi connectivity index (χ2n) is 4.48. The SMILES string of the molecule is CN1CCC(c2c(F)cc(N)cc2F)CC1. The van der Waals surface area contributed by atoms with Crippen molar-refractivity contribution in [3.63, 3.8) is 0 Å². The lowest BCUT2D eigenvalue weighted by molar-refractivity contribution is 0.250. The topological polar surface area (TPSA) is 29.3 Å². The first-order valence-electron chi connectivity index (χ1n) is 5.51. The highest BCUT2D eigenvalue weighted by Crippen LogP contribution is 2.32. The largest absolute Gasteiger partial charge is 0.399 e. The molecule has 0 amide bonds. The first-order chi connectivity index (χ1) is 7.58. The number of piperidine rings is 1. The minimum Gasteiger partial charge on any atom is -0.399 e. The number of nitrogen functional groups attached to an aromatic ring is 1. The molecule has 0 unspecified atom stereocenters. The zero-order valence-electron chi connectivity index (χ0n) is 9.34. The molecule has 0 radical (unpaired) electrons. The number of hydrogen-bond acceptors (Lipinski definition) is 2. The predicted molar refractivity (Wildman–Crippen MR) is 60.2 cm³/mol. The van der Waals surface area contributed by atoms with Gasteiger partial charge in [0.05, 0.1) is 0 Å². The van der Waals surface area contributed by atoms with Gasteiger partial charge in [-0.05, 0) is 51.0 Å². The monoisotopic (exact) mass is 226 g/mol. The predicted octanol–water partition coefficient (Wildman–Crippen LogP) is 2.36. The Morgan fingerprint density at radius 3 is 2.19 bits per heavy atom. The van der Waals surface area contributed by atoms with E-state index in [1.165, 1.54) is 12.1 Å². The van der Waals surface area contributed by atoms with Crippen molar-refractivity contribution in [2.75, 3.05) is 25.9 Å².